The molecule has 0 saturated carbocycles. The predicted molar refractivity (Wildman–Crippen MR) is 118 cm³/mol. The van der Waals surface area contributed by atoms with E-state index in [2.05, 4.69) is 38.3 Å². The molecule has 1 atom stereocenters. The number of rotatable bonds is 5. The Morgan fingerprint density at radius 2 is 2.20 bits per heavy atom. The fraction of sp³-hybridized carbons (Fsp3) is 0.400. The molecule has 1 unspecified atom stereocenters. The molecule has 1 aliphatic carbocycles. The zero-order chi connectivity index (χ0) is 21.3. The first-order chi connectivity index (χ1) is 14.4. The van der Waals surface area contributed by atoms with Crippen molar-refractivity contribution < 1.29 is 4.79 Å². The van der Waals surface area contributed by atoms with Gasteiger partial charge in [0.25, 0.3) is 5.56 Å². The SMILES string of the molecule is C=C(C)C1=CC(c2nn3c(=O)cc(N4CCNCC4)nc3s2)CC(NC(=O)CN)=C1. The maximum absolute atomic E-state index is 12.7. The number of aromatic nitrogens is 3. The molecule has 158 valence electrons. The van der Waals surface area contributed by atoms with E-state index in [1.54, 1.807) is 6.07 Å². The highest BCUT2D eigenvalue weighted by molar-refractivity contribution is 7.16. The summed E-state index contributed by atoms with van der Waals surface area (Å²) in [5, 5.41) is 11.5. The quantitative estimate of drug-likeness (QED) is 0.636. The molecule has 9 nitrogen and oxygen atoms in total. The summed E-state index contributed by atoms with van der Waals surface area (Å²) < 4.78 is 1.36. The Balaban J connectivity index is 1.67. The summed E-state index contributed by atoms with van der Waals surface area (Å²) in [6, 6.07) is 1.55. The van der Waals surface area contributed by atoms with Crippen molar-refractivity contribution in [2.75, 3.05) is 37.6 Å². The molecule has 30 heavy (non-hydrogen) atoms. The number of piperazine rings is 1. The Morgan fingerprint density at radius 3 is 2.90 bits per heavy atom. The lowest BCUT2D eigenvalue weighted by molar-refractivity contribution is -0.119. The van der Waals surface area contributed by atoms with E-state index in [1.807, 2.05) is 13.0 Å². The first-order valence-corrected chi connectivity index (χ1v) is 10.7. The number of hydrogen-bond donors (Lipinski definition) is 3. The third-order valence-electron chi connectivity index (χ3n) is 5.13. The maximum atomic E-state index is 12.7. The normalized spacial score (nSPS) is 19.4. The summed E-state index contributed by atoms with van der Waals surface area (Å²) in [5.41, 5.74) is 7.82. The van der Waals surface area contributed by atoms with Crippen LogP contribution in [0, 0.1) is 0 Å². The van der Waals surface area contributed by atoms with Crippen molar-refractivity contribution in [1.82, 2.24) is 25.2 Å². The summed E-state index contributed by atoms with van der Waals surface area (Å²) >= 11 is 1.40. The van der Waals surface area contributed by atoms with Crippen molar-refractivity contribution in [1.29, 1.82) is 0 Å². The van der Waals surface area contributed by atoms with E-state index < -0.39 is 0 Å². The number of nitrogens with zero attached hydrogens (tertiary/aromatic N) is 4. The first kappa shape index (κ1) is 20.5. The highest BCUT2D eigenvalue weighted by Gasteiger charge is 2.23. The van der Waals surface area contributed by atoms with Crippen molar-refractivity contribution in [2.24, 2.45) is 5.73 Å². The zero-order valence-corrected chi connectivity index (χ0v) is 17.7. The van der Waals surface area contributed by atoms with Crippen molar-refractivity contribution in [3.8, 4) is 0 Å². The Morgan fingerprint density at radius 1 is 1.43 bits per heavy atom. The molecule has 3 heterocycles. The van der Waals surface area contributed by atoms with E-state index in [9.17, 15) is 9.59 Å². The summed E-state index contributed by atoms with van der Waals surface area (Å²) in [4.78, 5) is 31.8. The van der Waals surface area contributed by atoms with Gasteiger partial charge in [0.15, 0.2) is 0 Å². The Bertz CT molecular complexity index is 1110. The van der Waals surface area contributed by atoms with E-state index >= 15 is 0 Å². The number of carbonyl (C=O) groups excluding carboxylic acids is 1. The minimum Gasteiger partial charge on any atom is -0.354 e. The van der Waals surface area contributed by atoms with Gasteiger partial charge in [-0.3, -0.25) is 9.59 Å². The lowest BCUT2D eigenvalue weighted by atomic mass is 9.91. The predicted octanol–water partition coefficient (Wildman–Crippen LogP) is 0.509. The van der Waals surface area contributed by atoms with Crippen molar-refractivity contribution in [3.63, 3.8) is 0 Å². The highest BCUT2D eigenvalue weighted by atomic mass is 32.1. The van der Waals surface area contributed by atoms with Crippen LogP contribution in [-0.2, 0) is 4.79 Å². The number of allylic oxidation sites excluding steroid dienone is 5. The molecule has 1 aliphatic heterocycles. The number of fused-ring (bicyclic) bond motifs is 1. The second kappa shape index (κ2) is 8.50. The van der Waals surface area contributed by atoms with Crippen molar-refractivity contribution in [3.05, 3.63) is 57.0 Å². The fourth-order valence-corrected chi connectivity index (χ4v) is 4.54. The fourth-order valence-electron chi connectivity index (χ4n) is 3.57. The molecule has 2 aromatic rings. The van der Waals surface area contributed by atoms with Crippen LogP contribution in [0.15, 0.2) is 46.4 Å². The van der Waals surface area contributed by atoms with Gasteiger partial charge < -0.3 is 21.3 Å². The second-order valence-electron chi connectivity index (χ2n) is 7.46. The van der Waals surface area contributed by atoms with E-state index in [1.165, 1.54) is 15.9 Å². The van der Waals surface area contributed by atoms with E-state index in [0.717, 1.165) is 48.0 Å². The Kier molecular flexibility index (Phi) is 5.80. The Labute approximate surface area is 178 Å². The number of hydrogen-bond acceptors (Lipinski definition) is 8. The van der Waals surface area contributed by atoms with Gasteiger partial charge in [-0.1, -0.05) is 29.6 Å². The third-order valence-corrected chi connectivity index (χ3v) is 6.17. The van der Waals surface area contributed by atoms with Gasteiger partial charge in [0.2, 0.25) is 10.9 Å². The average Bonchev–Trinajstić information content (AvgIpc) is 3.19. The monoisotopic (exact) mass is 427 g/mol. The minimum absolute atomic E-state index is 0.0800. The Hall–Kier alpha value is -2.82. The van der Waals surface area contributed by atoms with Crippen LogP contribution in [0.1, 0.15) is 24.3 Å². The smallest absolute Gasteiger partial charge is 0.277 e. The molecule has 2 aromatic heterocycles. The van der Waals surface area contributed by atoms with Crippen LogP contribution < -0.4 is 26.8 Å². The molecule has 0 spiro atoms. The number of anilines is 1. The molecular weight excluding hydrogens is 402 g/mol. The van der Waals surface area contributed by atoms with Gasteiger partial charge in [-0.05, 0) is 18.6 Å². The molecule has 0 aromatic carbocycles. The number of nitrogens with two attached hydrogens (primary N) is 1. The molecule has 1 amide bonds. The van der Waals surface area contributed by atoms with Crippen LogP contribution in [0.25, 0.3) is 4.96 Å². The van der Waals surface area contributed by atoms with E-state index in [4.69, 9.17) is 5.73 Å². The van der Waals surface area contributed by atoms with Crippen LogP contribution in [0.2, 0.25) is 0 Å². The van der Waals surface area contributed by atoms with Gasteiger partial charge in [-0.2, -0.15) is 9.61 Å². The average molecular weight is 428 g/mol. The lowest BCUT2D eigenvalue weighted by Crippen LogP contribution is -2.44. The van der Waals surface area contributed by atoms with Crippen LogP contribution in [0.3, 0.4) is 0 Å². The standard InChI is InChI=1S/C20H25N7O2S/c1-12(2)13-7-14(9-15(8-13)23-17(28)11-21)19-25-27-18(29)10-16(24-20(27)30-19)26-5-3-22-4-6-26/h7-8,10,14,22H,1,3-6,9,11,21H2,2H3,(H,23,28). The van der Waals surface area contributed by atoms with Crippen molar-refractivity contribution in [2.45, 2.75) is 19.3 Å². The van der Waals surface area contributed by atoms with Gasteiger partial charge in [0.05, 0.1) is 6.54 Å². The van der Waals surface area contributed by atoms with E-state index in [0.29, 0.717) is 17.2 Å². The maximum Gasteiger partial charge on any atom is 0.277 e. The van der Waals surface area contributed by atoms with Crippen LogP contribution >= 0.6 is 11.3 Å². The highest BCUT2D eigenvalue weighted by Crippen LogP contribution is 2.34. The van der Waals surface area contributed by atoms with Gasteiger partial charge in [-0.15, -0.1) is 0 Å². The van der Waals surface area contributed by atoms with Gasteiger partial charge in [0.1, 0.15) is 10.8 Å². The molecule has 2 aliphatic rings. The molecule has 4 rings (SSSR count). The molecule has 10 heteroatoms. The third kappa shape index (κ3) is 4.20. The molecule has 1 fully saturated rings. The molecular formula is C20H25N7O2S. The lowest BCUT2D eigenvalue weighted by Gasteiger charge is -2.27. The summed E-state index contributed by atoms with van der Waals surface area (Å²) in [6.45, 7) is 9.22. The summed E-state index contributed by atoms with van der Waals surface area (Å²) in [5.74, 6) is 0.351. The van der Waals surface area contributed by atoms with Gasteiger partial charge >= 0.3 is 0 Å². The summed E-state index contributed by atoms with van der Waals surface area (Å²) in [6.07, 6.45) is 4.54. The van der Waals surface area contributed by atoms with E-state index in [-0.39, 0.29) is 23.9 Å². The second-order valence-corrected chi connectivity index (χ2v) is 8.45. The topological polar surface area (TPSA) is 118 Å². The molecule has 4 N–H and O–H groups in total. The molecule has 0 radical (unpaired) electrons. The first-order valence-electron chi connectivity index (χ1n) is 9.89. The van der Waals surface area contributed by atoms with Gasteiger partial charge in [-0.25, -0.2) is 4.98 Å². The van der Waals surface area contributed by atoms with Crippen molar-refractivity contribution >= 4 is 28.0 Å². The minimum atomic E-state index is -0.245. The number of nitrogens with one attached hydrogen (secondary N) is 2. The van der Waals surface area contributed by atoms with Crippen LogP contribution in [0.5, 0.6) is 0 Å². The van der Waals surface area contributed by atoms with Gasteiger partial charge in [0, 0.05) is 50.3 Å². The molecule has 1 saturated heterocycles. The van der Waals surface area contributed by atoms with Crippen LogP contribution in [0.4, 0.5) is 5.82 Å². The zero-order valence-electron chi connectivity index (χ0n) is 16.9. The largest absolute Gasteiger partial charge is 0.354 e. The molecule has 0 bridgehead atoms. The van der Waals surface area contributed by atoms with Crippen LogP contribution in [-0.4, -0.2) is 53.2 Å². The summed E-state index contributed by atoms with van der Waals surface area (Å²) in [7, 11) is 0. The number of carbonyl (C=O) groups is 1. The number of amides is 1.